The van der Waals surface area contributed by atoms with Crippen molar-refractivity contribution in [2.24, 2.45) is 5.84 Å². The van der Waals surface area contributed by atoms with Gasteiger partial charge in [-0.3, -0.25) is 0 Å². The zero-order valence-electron chi connectivity index (χ0n) is 12.5. The molecule has 1 aliphatic carbocycles. The Balaban J connectivity index is 2.14. The summed E-state index contributed by atoms with van der Waals surface area (Å²) >= 11 is 0. The standard InChI is InChI=1S/C14H25N5O/c1-14(2,3)13-17-11(8-12(18-13)19-15)16-9-4-6-10(20)7-5-9/h8-10,20H,4-7,15H2,1-3H3,(H2,16,17,18,19). The van der Waals surface area contributed by atoms with Gasteiger partial charge in [0.15, 0.2) is 0 Å². The largest absolute Gasteiger partial charge is 0.393 e. The Morgan fingerprint density at radius 2 is 1.75 bits per heavy atom. The number of hydrogen-bond acceptors (Lipinski definition) is 6. The summed E-state index contributed by atoms with van der Waals surface area (Å²) < 4.78 is 0. The Labute approximate surface area is 120 Å². The zero-order chi connectivity index (χ0) is 14.8. The molecule has 0 bridgehead atoms. The lowest BCUT2D eigenvalue weighted by Gasteiger charge is -2.27. The molecular formula is C14H25N5O. The molecule has 0 saturated heterocycles. The Kier molecular flexibility index (Phi) is 4.45. The molecule has 5 N–H and O–H groups in total. The van der Waals surface area contributed by atoms with E-state index in [1.807, 2.05) is 6.07 Å². The van der Waals surface area contributed by atoms with Crippen LogP contribution in [0.2, 0.25) is 0 Å². The van der Waals surface area contributed by atoms with Crippen molar-refractivity contribution in [3.05, 3.63) is 11.9 Å². The van der Waals surface area contributed by atoms with Crippen LogP contribution in [-0.2, 0) is 5.41 Å². The topological polar surface area (TPSA) is 96.1 Å². The Hall–Kier alpha value is -1.40. The second kappa shape index (κ2) is 5.93. The van der Waals surface area contributed by atoms with Crippen molar-refractivity contribution in [1.29, 1.82) is 0 Å². The van der Waals surface area contributed by atoms with Gasteiger partial charge in [0.25, 0.3) is 0 Å². The molecule has 0 aliphatic heterocycles. The van der Waals surface area contributed by atoms with Crippen molar-refractivity contribution in [1.82, 2.24) is 9.97 Å². The van der Waals surface area contributed by atoms with Crippen molar-refractivity contribution < 1.29 is 5.11 Å². The summed E-state index contributed by atoms with van der Waals surface area (Å²) in [6.07, 6.45) is 3.46. The molecule has 1 heterocycles. The number of nitrogens with two attached hydrogens (primary N) is 1. The smallest absolute Gasteiger partial charge is 0.145 e. The fraction of sp³-hybridized carbons (Fsp3) is 0.714. The highest BCUT2D eigenvalue weighted by Crippen LogP contribution is 2.25. The van der Waals surface area contributed by atoms with Gasteiger partial charge in [-0.25, -0.2) is 15.8 Å². The van der Waals surface area contributed by atoms with Crippen LogP contribution < -0.4 is 16.6 Å². The molecule has 0 radical (unpaired) electrons. The van der Waals surface area contributed by atoms with Gasteiger partial charge in [0.2, 0.25) is 0 Å². The third-order valence-corrected chi connectivity index (χ3v) is 3.59. The normalized spacial score (nSPS) is 23.4. The maximum absolute atomic E-state index is 9.55. The predicted molar refractivity (Wildman–Crippen MR) is 80.4 cm³/mol. The summed E-state index contributed by atoms with van der Waals surface area (Å²) in [5, 5.41) is 13.0. The molecule has 6 nitrogen and oxygen atoms in total. The fourth-order valence-corrected chi connectivity index (χ4v) is 2.36. The van der Waals surface area contributed by atoms with Crippen LogP contribution in [0.1, 0.15) is 52.3 Å². The summed E-state index contributed by atoms with van der Waals surface area (Å²) in [6, 6.07) is 2.17. The third kappa shape index (κ3) is 3.80. The van der Waals surface area contributed by atoms with E-state index >= 15 is 0 Å². The van der Waals surface area contributed by atoms with Gasteiger partial charge in [0, 0.05) is 17.5 Å². The molecule has 0 amide bonds. The van der Waals surface area contributed by atoms with Crippen molar-refractivity contribution in [2.75, 3.05) is 10.7 Å². The third-order valence-electron chi connectivity index (χ3n) is 3.59. The van der Waals surface area contributed by atoms with Crippen LogP contribution in [-0.4, -0.2) is 27.2 Å². The molecule has 20 heavy (non-hydrogen) atoms. The predicted octanol–water partition coefficient (Wildman–Crippen LogP) is 1.78. The lowest BCUT2D eigenvalue weighted by molar-refractivity contribution is 0.126. The van der Waals surface area contributed by atoms with E-state index in [0.29, 0.717) is 11.9 Å². The maximum atomic E-state index is 9.55. The summed E-state index contributed by atoms with van der Waals surface area (Å²) in [7, 11) is 0. The quantitative estimate of drug-likeness (QED) is 0.497. The van der Waals surface area contributed by atoms with E-state index in [2.05, 4.69) is 41.5 Å². The molecule has 1 aliphatic rings. The SMILES string of the molecule is CC(C)(C)c1nc(NN)cc(NC2CCC(O)CC2)n1. The molecule has 1 aromatic heterocycles. The number of nitrogens with one attached hydrogen (secondary N) is 2. The second-order valence-corrected chi connectivity index (χ2v) is 6.51. The Morgan fingerprint density at radius 1 is 1.15 bits per heavy atom. The lowest BCUT2D eigenvalue weighted by atomic mass is 9.93. The number of aliphatic hydroxyl groups excluding tert-OH is 1. The van der Waals surface area contributed by atoms with Crippen LogP contribution in [0.15, 0.2) is 6.07 Å². The van der Waals surface area contributed by atoms with Gasteiger partial charge >= 0.3 is 0 Å². The number of nitrogens with zero attached hydrogens (tertiary/aromatic N) is 2. The molecular weight excluding hydrogens is 254 g/mol. The van der Waals surface area contributed by atoms with Gasteiger partial charge < -0.3 is 15.8 Å². The minimum absolute atomic E-state index is 0.133. The number of aromatic nitrogens is 2. The molecule has 1 fully saturated rings. The van der Waals surface area contributed by atoms with E-state index < -0.39 is 0 Å². The van der Waals surface area contributed by atoms with E-state index in [4.69, 9.17) is 5.84 Å². The molecule has 1 aromatic rings. The van der Waals surface area contributed by atoms with Crippen LogP contribution in [0.4, 0.5) is 11.6 Å². The van der Waals surface area contributed by atoms with Gasteiger partial charge in [-0.2, -0.15) is 0 Å². The van der Waals surface area contributed by atoms with Crippen molar-refractivity contribution in [2.45, 2.75) is 64.0 Å². The fourth-order valence-electron chi connectivity index (χ4n) is 2.36. The monoisotopic (exact) mass is 279 g/mol. The zero-order valence-corrected chi connectivity index (χ0v) is 12.5. The highest BCUT2D eigenvalue weighted by Gasteiger charge is 2.22. The van der Waals surface area contributed by atoms with Gasteiger partial charge in [-0.1, -0.05) is 20.8 Å². The van der Waals surface area contributed by atoms with Gasteiger partial charge in [-0.15, -0.1) is 0 Å². The molecule has 0 unspecified atom stereocenters. The van der Waals surface area contributed by atoms with Crippen molar-refractivity contribution in [3.8, 4) is 0 Å². The van der Waals surface area contributed by atoms with E-state index in [1.54, 1.807) is 0 Å². The molecule has 0 spiro atoms. The number of hydrazine groups is 1. The summed E-state index contributed by atoms with van der Waals surface area (Å²) in [5.74, 6) is 7.64. The Bertz CT molecular complexity index is 449. The van der Waals surface area contributed by atoms with Crippen LogP contribution in [0, 0.1) is 0 Å². The molecule has 0 aromatic carbocycles. The van der Waals surface area contributed by atoms with Crippen LogP contribution in [0.3, 0.4) is 0 Å². The molecule has 6 heteroatoms. The summed E-state index contributed by atoms with van der Waals surface area (Å²) in [5.41, 5.74) is 2.46. The first-order valence-electron chi connectivity index (χ1n) is 7.19. The van der Waals surface area contributed by atoms with E-state index in [9.17, 15) is 5.11 Å². The molecule has 0 atom stereocenters. The Morgan fingerprint density at radius 3 is 2.30 bits per heavy atom. The number of anilines is 2. The van der Waals surface area contributed by atoms with Crippen LogP contribution in [0.25, 0.3) is 0 Å². The van der Waals surface area contributed by atoms with Gasteiger partial charge in [0.1, 0.15) is 17.5 Å². The highest BCUT2D eigenvalue weighted by atomic mass is 16.3. The van der Waals surface area contributed by atoms with Crippen molar-refractivity contribution in [3.63, 3.8) is 0 Å². The highest BCUT2D eigenvalue weighted by molar-refractivity contribution is 5.48. The van der Waals surface area contributed by atoms with Gasteiger partial charge in [0.05, 0.1) is 6.10 Å². The first-order chi connectivity index (χ1) is 9.38. The van der Waals surface area contributed by atoms with Crippen LogP contribution in [0.5, 0.6) is 0 Å². The summed E-state index contributed by atoms with van der Waals surface area (Å²) in [6.45, 7) is 6.22. The number of nitrogen functional groups attached to an aromatic ring is 1. The average Bonchev–Trinajstić information content (AvgIpc) is 2.40. The maximum Gasteiger partial charge on any atom is 0.145 e. The van der Waals surface area contributed by atoms with E-state index in [-0.39, 0.29) is 11.5 Å². The van der Waals surface area contributed by atoms with Crippen LogP contribution >= 0.6 is 0 Å². The molecule has 1 saturated carbocycles. The number of rotatable bonds is 3. The number of aliphatic hydroxyl groups is 1. The summed E-state index contributed by atoms with van der Waals surface area (Å²) in [4.78, 5) is 8.99. The number of hydrogen-bond donors (Lipinski definition) is 4. The second-order valence-electron chi connectivity index (χ2n) is 6.51. The molecule has 112 valence electrons. The lowest BCUT2D eigenvalue weighted by Crippen LogP contribution is -2.29. The van der Waals surface area contributed by atoms with E-state index in [1.165, 1.54) is 0 Å². The van der Waals surface area contributed by atoms with Gasteiger partial charge in [-0.05, 0) is 25.7 Å². The minimum atomic E-state index is -0.148. The average molecular weight is 279 g/mol. The first-order valence-corrected chi connectivity index (χ1v) is 7.19. The minimum Gasteiger partial charge on any atom is -0.393 e. The first kappa shape index (κ1) is 15.0. The van der Waals surface area contributed by atoms with Crippen molar-refractivity contribution >= 4 is 11.6 Å². The molecule has 2 rings (SSSR count). The van der Waals surface area contributed by atoms with E-state index in [0.717, 1.165) is 37.3 Å².